The molecule has 0 bridgehead atoms. The van der Waals surface area contributed by atoms with Crippen LogP contribution in [0.15, 0.2) is 33.2 Å². The van der Waals surface area contributed by atoms with E-state index in [1.165, 1.54) is 11.3 Å². The van der Waals surface area contributed by atoms with E-state index < -0.39 is 11.9 Å². The van der Waals surface area contributed by atoms with Crippen molar-refractivity contribution in [3.63, 3.8) is 0 Å². The van der Waals surface area contributed by atoms with Crippen molar-refractivity contribution >= 4 is 66.4 Å². The van der Waals surface area contributed by atoms with Crippen LogP contribution in [-0.2, 0) is 4.79 Å². The number of rotatable bonds is 4. The smallest absolute Gasteiger partial charge is 0.245 e. The number of halogens is 3. The van der Waals surface area contributed by atoms with Crippen molar-refractivity contribution in [1.82, 2.24) is 0 Å². The maximum Gasteiger partial charge on any atom is 0.245 e. The third-order valence-electron chi connectivity index (χ3n) is 2.68. The fourth-order valence-corrected chi connectivity index (χ4v) is 3.78. The Morgan fingerprint density at radius 1 is 1.35 bits per heavy atom. The number of thiophene rings is 1. The predicted molar refractivity (Wildman–Crippen MR) is 91.5 cm³/mol. The minimum Gasteiger partial charge on any atom is -0.369 e. The molecule has 3 nitrogen and oxygen atoms in total. The van der Waals surface area contributed by atoms with Crippen molar-refractivity contribution < 1.29 is 4.79 Å². The SMILES string of the molecule is Cc1sc(C(Nc2ccc(Cl)c(Br)c2)C(N)=O)cc1Br. The van der Waals surface area contributed by atoms with Gasteiger partial charge >= 0.3 is 0 Å². The van der Waals surface area contributed by atoms with Gasteiger partial charge in [-0.15, -0.1) is 11.3 Å². The lowest BCUT2D eigenvalue weighted by molar-refractivity contribution is -0.118. The molecule has 1 amide bonds. The van der Waals surface area contributed by atoms with Gasteiger partial charge in [-0.25, -0.2) is 0 Å². The van der Waals surface area contributed by atoms with E-state index in [9.17, 15) is 4.79 Å². The van der Waals surface area contributed by atoms with Crippen LogP contribution in [0.1, 0.15) is 15.8 Å². The standard InChI is InChI=1S/C13H11Br2ClN2OS/c1-6-8(14)5-11(20-6)12(13(17)19)18-7-2-3-10(16)9(15)4-7/h2-5,12,18H,1H3,(H2,17,19). The molecule has 1 unspecified atom stereocenters. The van der Waals surface area contributed by atoms with Crippen molar-refractivity contribution in [2.45, 2.75) is 13.0 Å². The fraction of sp³-hybridized carbons (Fsp3) is 0.154. The normalized spacial score (nSPS) is 12.2. The van der Waals surface area contributed by atoms with Crippen LogP contribution in [0, 0.1) is 6.92 Å². The monoisotopic (exact) mass is 436 g/mol. The minimum absolute atomic E-state index is 0.426. The number of benzene rings is 1. The number of amides is 1. The zero-order valence-corrected chi connectivity index (χ0v) is 15.2. The first kappa shape index (κ1) is 15.8. The van der Waals surface area contributed by atoms with E-state index in [0.29, 0.717) is 5.02 Å². The van der Waals surface area contributed by atoms with Gasteiger partial charge in [0, 0.05) is 24.4 Å². The average molecular weight is 439 g/mol. The first-order valence-corrected chi connectivity index (χ1v) is 8.43. The predicted octanol–water partition coefficient (Wildman–Crippen LogP) is 4.87. The number of nitrogens with one attached hydrogen (secondary N) is 1. The summed E-state index contributed by atoms with van der Waals surface area (Å²) in [5.41, 5.74) is 6.27. The van der Waals surface area contributed by atoms with Crippen LogP contribution in [0.25, 0.3) is 0 Å². The maximum atomic E-state index is 11.7. The van der Waals surface area contributed by atoms with Gasteiger partial charge in [-0.2, -0.15) is 0 Å². The van der Waals surface area contributed by atoms with E-state index in [4.69, 9.17) is 17.3 Å². The highest BCUT2D eigenvalue weighted by molar-refractivity contribution is 9.10. The molecule has 0 saturated carbocycles. The number of hydrogen-bond acceptors (Lipinski definition) is 3. The van der Waals surface area contributed by atoms with Gasteiger partial charge in [0.25, 0.3) is 0 Å². The van der Waals surface area contributed by atoms with Crippen LogP contribution in [-0.4, -0.2) is 5.91 Å². The Labute approximate surface area is 142 Å². The molecule has 0 aliphatic rings. The van der Waals surface area contributed by atoms with Gasteiger partial charge in [-0.3, -0.25) is 4.79 Å². The summed E-state index contributed by atoms with van der Waals surface area (Å²) in [6.07, 6.45) is 0. The van der Waals surface area contributed by atoms with Gasteiger partial charge in [0.2, 0.25) is 5.91 Å². The van der Waals surface area contributed by atoms with Gasteiger partial charge < -0.3 is 11.1 Å². The van der Waals surface area contributed by atoms with Crippen molar-refractivity contribution in [2.75, 3.05) is 5.32 Å². The molecule has 106 valence electrons. The number of anilines is 1. The maximum absolute atomic E-state index is 11.7. The van der Waals surface area contributed by atoms with Gasteiger partial charge in [0.1, 0.15) is 6.04 Å². The molecule has 1 heterocycles. The Bertz CT molecular complexity index is 640. The molecule has 0 aliphatic carbocycles. The zero-order valence-electron chi connectivity index (χ0n) is 10.4. The molecular weight excluding hydrogens is 427 g/mol. The molecule has 20 heavy (non-hydrogen) atoms. The fourth-order valence-electron chi connectivity index (χ4n) is 1.66. The largest absolute Gasteiger partial charge is 0.369 e. The summed E-state index contributed by atoms with van der Waals surface area (Å²) >= 11 is 14.3. The molecule has 0 saturated heterocycles. The Morgan fingerprint density at radius 2 is 2.05 bits per heavy atom. The molecule has 0 spiro atoms. The van der Waals surface area contributed by atoms with E-state index in [2.05, 4.69) is 37.2 Å². The van der Waals surface area contributed by atoms with Crippen LogP contribution in [0.3, 0.4) is 0 Å². The highest BCUT2D eigenvalue weighted by atomic mass is 79.9. The molecule has 0 radical (unpaired) electrons. The van der Waals surface area contributed by atoms with Crippen LogP contribution in [0.4, 0.5) is 5.69 Å². The lowest BCUT2D eigenvalue weighted by atomic mass is 10.2. The Kier molecular flexibility index (Phi) is 5.12. The molecule has 7 heteroatoms. The topological polar surface area (TPSA) is 55.1 Å². The third kappa shape index (κ3) is 3.55. The van der Waals surface area contributed by atoms with Gasteiger partial charge in [0.05, 0.1) is 5.02 Å². The number of carbonyl (C=O) groups excluding carboxylic acids is 1. The Hall–Kier alpha value is -0.560. The summed E-state index contributed by atoms with van der Waals surface area (Å²) in [7, 11) is 0. The second kappa shape index (κ2) is 6.47. The highest BCUT2D eigenvalue weighted by Gasteiger charge is 2.21. The Balaban J connectivity index is 2.30. The number of nitrogens with two attached hydrogens (primary N) is 1. The summed E-state index contributed by atoms with van der Waals surface area (Å²) in [6, 6.07) is 6.71. The molecule has 0 aliphatic heterocycles. The van der Waals surface area contributed by atoms with Crippen molar-refractivity contribution in [1.29, 1.82) is 0 Å². The Morgan fingerprint density at radius 3 is 2.55 bits per heavy atom. The molecular formula is C13H11Br2ClN2OS. The average Bonchev–Trinajstić information content (AvgIpc) is 2.70. The molecule has 0 fully saturated rings. The van der Waals surface area contributed by atoms with Crippen molar-refractivity contribution in [3.8, 4) is 0 Å². The zero-order chi connectivity index (χ0) is 14.9. The van der Waals surface area contributed by atoms with Crippen LogP contribution in [0.5, 0.6) is 0 Å². The van der Waals surface area contributed by atoms with Crippen molar-refractivity contribution in [2.24, 2.45) is 5.73 Å². The highest BCUT2D eigenvalue weighted by Crippen LogP contribution is 2.33. The van der Waals surface area contributed by atoms with E-state index in [0.717, 1.165) is 24.4 Å². The minimum atomic E-state index is -0.571. The second-order valence-corrected chi connectivity index (χ2v) is 7.57. The molecule has 3 N–H and O–H groups in total. The summed E-state index contributed by atoms with van der Waals surface area (Å²) in [5, 5.41) is 3.74. The van der Waals surface area contributed by atoms with E-state index in [1.54, 1.807) is 12.1 Å². The van der Waals surface area contributed by atoms with Crippen molar-refractivity contribution in [3.05, 3.63) is 48.0 Å². The lowest BCUT2D eigenvalue weighted by Crippen LogP contribution is -2.27. The van der Waals surface area contributed by atoms with Gasteiger partial charge in [0.15, 0.2) is 0 Å². The lowest BCUT2D eigenvalue weighted by Gasteiger charge is -2.15. The number of aryl methyl sites for hydroxylation is 1. The van der Waals surface area contributed by atoms with Crippen LogP contribution >= 0.6 is 54.8 Å². The summed E-state index contributed by atoms with van der Waals surface area (Å²) in [5.74, 6) is -0.426. The van der Waals surface area contributed by atoms with E-state index in [1.807, 2.05) is 19.1 Å². The molecule has 2 aromatic rings. The molecule has 1 aromatic heterocycles. The summed E-state index contributed by atoms with van der Waals surface area (Å²) in [6.45, 7) is 1.98. The van der Waals surface area contributed by atoms with Gasteiger partial charge in [-0.1, -0.05) is 11.6 Å². The number of carbonyl (C=O) groups is 1. The van der Waals surface area contributed by atoms with Gasteiger partial charge in [-0.05, 0) is 63.0 Å². The van der Waals surface area contributed by atoms with E-state index in [-0.39, 0.29) is 0 Å². The molecule has 2 rings (SSSR count). The first-order valence-electron chi connectivity index (χ1n) is 5.65. The third-order valence-corrected chi connectivity index (χ3v) is 6.09. The second-order valence-electron chi connectivity index (χ2n) is 4.16. The van der Waals surface area contributed by atoms with Crippen LogP contribution < -0.4 is 11.1 Å². The van der Waals surface area contributed by atoms with E-state index >= 15 is 0 Å². The summed E-state index contributed by atoms with van der Waals surface area (Å²) < 4.78 is 1.73. The summed E-state index contributed by atoms with van der Waals surface area (Å²) in [4.78, 5) is 13.7. The molecule has 1 aromatic carbocycles. The molecule has 1 atom stereocenters. The first-order chi connectivity index (χ1) is 9.38. The quantitative estimate of drug-likeness (QED) is 0.715. The van der Waals surface area contributed by atoms with Crippen LogP contribution in [0.2, 0.25) is 5.02 Å². The number of hydrogen-bond donors (Lipinski definition) is 2. The number of primary amides is 1.